The summed E-state index contributed by atoms with van der Waals surface area (Å²) < 4.78 is 2.33. The van der Waals surface area contributed by atoms with Gasteiger partial charge in [0, 0.05) is 13.4 Å². The molecule has 0 spiro atoms. The number of anilines is 2. The van der Waals surface area contributed by atoms with E-state index in [-0.39, 0.29) is 11.8 Å². The van der Waals surface area contributed by atoms with Crippen molar-refractivity contribution in [3.05, 3.63) is 31.4 Å². The molecule has 0 unspecified atom stereocenters. The maximum atomic E-state index is 11.9. The predicted molar refractivity (Wildman–Crippen MR) is 78.3 cm³/mol. The molecule has 0 aliphatic heterocycles. The molecule has 18 heavy (non-hydrogen) atoms. The topological polar surface area (TPSA) is 96.7 Å². The van der Waals surface area contributed by atoms with E-state index in [0.717, 1.165) is 13.4 Å². The number of carbonyl (C=O) groups is 1. The molecule has 2 aromatic rings. The number of aromatic nitrogens is 3. The molecule has 0 saturated carbocycles. The molecule has 1 heterocycles. The van der Waals surface area contributed by atoms with E-state index in [1.54, 1.807) is 0 Å². The number of carbonyl (C=O) groups excluding carboxylic acids is 1. The number of aromatic amines is 1. The molecular formula is C9H6Br3N5O. The zero-order chi connectivity index (χ0) is 13.3. The Bertz CT molecular complexity index is 589. The molecule has 0 bridgehead atoms. The summed E-state index contributed by atoms with van der Waals surface area (Å²) in [6, 6.07) is 3.63. The van der Waals surface area contributed by atoms with Crippen molar-refractivity contribution in [1.29, 1.82) is 0 Å². The van der Waals surface area contributed by atoms with Gasteiger partial charge < -0.3 is 11.1 Å². The van der Waals surface area contributed by atoms with Crippen molar-refractivity contribution in [3.8, 4) is 0 Å². The van der Waals surface area contributed by atoms with E-state index in [4.69, 9.17) is 5.73 Å². The van der Waals surface area contributed by atoms with E-state index >= 15 is 0 Å². The lowest BCUT2D eigenvalue weighted by atomic mass is 10.3. The van der Waals surface area contributed by atoms with E-state index in [1.165, 1.54) is 0 Å². The van der Waals surface area contributed by atoms with E-state index in [1.807, 2.05) is 12.1 Å². The highest BCUT2D eigenvalue weighted by molar-refractivity contribution is 9.11. The Hall–Kier alpha value is -0.930. The highest BCUT2D eigenvalue weighted by Crippen LogP contribution is 2.34. The van der Waals surface area contributed by atoms with Gasteiger partial charge in [0.2, 0.25) is 11.8 Å². The van der Waals surface area contributed by atoms with E-state index in [9.17, 15) is 4.79 Å². The molecule has 6 nitrogen and oxygen atoms in total. The lowest BCUT2D eigenvalue weighted by Gasteiger charge is -2.08. The summed E-state index contributed by atoms with van der Waals surface area (Å²) in [6.07, 6.45) is 0. The Morgan fingerprint density at radius 3 is 2.39 bits per heavy atom. The molecule has 1 aromatic carbocycles. The van der Waals surface area contributed by atoms with Gasteiger partial charge >= 0.3 is 0 Å². The standard InChI is InChI=1S/C9H6Br3N5O/c10-3-1-4(11)6(5(12)2-3)14-8(18)7-15-9(13)17-16-7/h1-2H,(H,14,18)(H3,13,15,16,17). The average Bonchev–Trinajstić information content (AvgIpc) is 2.70. The van der Waals surface area contributed by atoms with Gasteiger partial charge in [-0.2, -0.15) is 4.98 Å². The highest BCUT2D eigenvalue weighted by atomic mass is 79.9. The maximum Gasteiger partial charge on any atom is 0.293 e. The summed E-state index contributed by atoms with van der Waals surface area (Å²) in [4.78, 5) is 15.6. The number of nitrogens with zero attached hydrogens (tertiary/aromatic N) is 2. The molecule has 2 rings (SSSR count). The van der Waals surface area contributed by atoms with Crippen molar-refractivity contribution >= 4 is 65.3 Å². The molecule has 4 N–H and O–H groups in total. The Morgan fingerprint density at radius 1 is 1.28 bits per heavy atom. The zero-order valence-corrected chi connectivity index (χ0v) is 13.4. The summed E-state index contributed by atoms with van der Waals surface area (Å²) in [7, 11) is 0. The maximum absolute atomic E-state index is 11.9. The number of halogens is 3. The third-order valence-corrected chi connectivity index (χ3v) is 3.67. The van der Waals surface area contributed by atoms with Gasteiger partial charge in [-0.25, -0.2) is 0 Å². The van der Waals surface area contributed by atoms with Crippen molar-refractivity contribution < 1.29 is 4.79 Å². The number of rotatable bonds is 2. The largest absolute Gasteiger partial charge is 0.366 e. The normalized spacial score (nSPS) is 10.4. The SMILES string of the molecule is Nc1n[nH]c(C(=O)Nc2c(Br)cc(Br)cc2Br)n1. The number of hydrogen-bond acceptors (Lipinski definition) is 4. The monoisotopic (exact) mass is 437 g/mol. The number of amides is 1. The molecular weight excluding hydrogens is 434 g/mol. The number of nitrogens with one attached hydrogen (secondary N) is 2. The van der Waals surface area contributed by atoms with Crippen LogP contribution in [-0.4, -0.2) is 21.1 Å². The first-order chi connectivity index (χ1) is 8.47. The first-order valence-corrected chi connectivity index (χ1v) is 6.99. The van der Waals surface area contributed by atoms with Crippen molar-refractivity contribution in [2.45, 2.75) is 0 Å². The molecule has 0 aliphatic rings. The zero-order valence-electron chi connectivity index (χ0n) is 8.67. The van der Waals surface area contributed by atoms with Gasteiger partial charge in [-0.3, -0.25) is 9.89 Å². The summed E-state index contributed by atoms with van der Waals surface area (Å²) in [6.45, 7) is 0. The molecule has 0 saturated heterocycles. The van der Waals surface area contributed by atoms with Crippen LogP contribution in [0.2, 0.25) is 0 Å². The fraction of sp³-hybridized carbons (Fsp3) is 0. The lowest BCUT2D eigenvalue weighted by molar-refractivity contribution is 0.101. The minimum atomic E-state index is -0.428. The van der Waals surface area contributed by atoms with Crippen LogP contribution in [0, 0.1) is 0 Å². The van der Waals surface area contributed by atoms with Crippen LogP contribution in [0.1, 0.15) is 10.6 Å². The first-order valence-electron chi connectivity index (χ1n) is 4.61. The molecule has 0 fully saturated rings. The second-order valence-corrected chi connectivity index (χ2v) is 5.87. The second kappa shape index (κ2) is 5.37. The third kappa shape index (κ3) is 2.90. The molecule has 9 heteroatoms. The summed E-state index contributed by atoms with van der Waals surface area (Å²) in [5.74, 6) is -0.355. The van der Waals surface area contributed by atoms with E-state index < -0.39 is 5.91 Å². The summed E-state index contributed by atoms with van der Waals surface area (Å²) in [5.41, 5.74) is 5.93. The number of nitrogen functional groups attached to an aromatic ring is 1. The van der Waals surface area contributed by atoms with Crippen LogP contribution in [-0.2, 0) is 0 Å². The molecule has 94 valence electrons. The fourth-order valence-electron chi connectivity index (χ4n) is 1.21. The van der Waals surface area contributed by atoms with E-state index in [0.29, 0.717) is 5.69 Å². The van der Waals surface area contributed by atoms with Crippen molar-refractivity contribution in [3.63, 3.8) is 0 Å². The fourth-order valence-corrected chi connectivity index (χ4v) is 3.67. The molecule has 0 atom stereocenters. The predicted octanol–water partition coefficient (Wildman–Crippen LogP) is 2.93. The second-order valence-electron chi connectivity index (χ2n) is 3.24. The van der Waals surface area contributed by atoms with Crippen LogP contribution in [0.15, 0.2) is 25.6 Å². The molecule has 0 aliphatic carbocycles. The van der Waals surface area contributed by atoms with Crippen LogP contribution in [0.3, 0.4) is 0 Å². The molecule has 1 aromatic heterocycles. The van der Waals surface area contributed by atoms with Crippen molar-refractivity contribution in [1.82, 2.24) is 15.2 Å². The van der Waals surface area contributed by atoms with Crippen LogP contribution >= 0.6 is 47.8 Å². The van der Waals surface area contributed by atoms with Gasteiger partial charge in [-0.1, -0.05) is 15.9 Å². The summed E-state index contributed by atoms with van der Waals surface area (Å²) in [5, 5.41) is 8.72. The molecule has 0 radical (unpaired) electrons. The Kier molecular flexibility index (Phi) is 4.03. The Balaban J connectivity index is 2.27. The minimum absolute atomic E-state index is 0.0223. The number of nitrogens with two attached hydrogens (primary N) is 1. The minimum Gasteiger partial charge on any atom is -0.366 e. The summed E-state index contributed by atoms with van der Waals surface area (Å²) >= 11 is 10.1. The van der Waals surface area contributed by atoms with Crippen LogP contribution < -0.4 is 11.1 Å². The Morgan fingerprint density at radius 2 is 1.89 bits per heavy atom. The van der Waals surface area contributed by atoms with Gasteiger partial charge in [0.05, 0.1) is 5.69 Å². The highest BCUT2D eigenvalue weighted by Gasteiger charge is 2.15. The smallest absolute Gasteiger partial charge is 0.293 e. The van der Waals surface area contributed by atoms with Gasteiger partial charge in [0.15, 0.2) is 0 Å². The quantitative estimate of drug-likeness (QED) is 0.670. The average molecular weight is 440 g/mol. The number of H-pyrrole nitrogens is 1. The van der Waals surface area contributed by atoms with Crippen LogP contribution in [0.4, 0.5) is 11.6 Å². The van der Waals surface area contributed by atoms with Gasteiger partial charge in [-0.15, -0.1) is 5.10 Å². The van der Waals surface area contributed by atoms with Crippen LogP contribution in [0.5, 0.6) is 0 Å². The third-order valence-electron chi connectivity index (χ3n) is 1.96. The number of hydrogen-bond donors (Lipinski definition) is 3. The van der Waals surface area contributed by atoms with E-state index in [2.05, 4.69) is 68.3 Å². The van der Waals surface area contributed by atoms with Gasteiger partial charge in [0.25, 0.3) is 5.91 Å². The molecule has 1 amide bonds. The van der Waals surface area contributed by atoms with Crippen molar-refractivity contribution in [2.75, 3.05) is 11.1 Å². The number of benzene rings is 1. The lowest BCUT2D eigenvalue weighted by Crippen LogP contribution is -2.14. The first kappa shape index (κ1) is 13.5. The van der Waals surface area contributed by atoms with Gasteiger partial charge in [0.1, 0.15) is 0 Å². The van der Waals surface area contributed by atoms with Crippen molar-refractivity contribution in [2.24, 2.45) is 0 Å². The Labute approximate surface area is 127 Å². The van der Waals surface area contributed by atoms with Crippen LogP contribution in [0.25, 0.3) is 0 Å². The van der Waals surface area contributed by atoms with Gasteiger partial charge in [-0.05, 0) is 44.0 Å².